The number of hydrogen-bond acceptors (Lipinski definition) is 5. The molecule has 32 heavy (non-hydrogen) atoms. The highest BCUT2D eigenvalue weighted by Crippen LogP contribution is 2.33. The molecule has 2 aliphatic heterocycles. The van der Waals surface area contributed by atoms with E-state index in [1.54, 1.807) is 23.9 Å². The summed E-state index contributed by atoms with van der Waals surface area (Å²) in [6.45, 7) is 0.704. The van der Waals surface area contributed by atoms with Crippen LogP contribution in [0.25, 0.3) is 11.3 Å². The van der Waals surface area contributed by atoms with Crippen molar-refractivity contribution in [3.8, 4) is 11.3 Å². The molecular weight excluding hydrogens is 433 g/mol. The standard InChI is InChI=1S/C22H18FN5O3S/c23-15-6-2-4-8-18(15)28-20(30)14(11-24-21(28)31)19(29)25-16-7-3-1-5-13(16)17-12-27-9-10-32-22(27)26-17/h1-8,12,14H,9-11H2,(H,24,31)(H,25,29). The van der Waals surface area contributed by atoms with Gasteiger partial charge in [-0.25, -0.2) is 19.1 Å². The van der Waals surface area contributed by atoms with Crippen LogP contribution in [0.3, 0.4) is 0 Å². The van der Waals surface area contributed by atoms with Gasteiger partial charge in [0, 0.05) is 30.6 Å². The Labute approximate surface area is 186 Å². The average Bonchev–Trinajstić information content (AvgIpc) is 3.38. The van der Waals surface area contributed by atoms with Gasteiger partial charge in [0.15, 0.2) is 5.16 Å². The lowest BCUT2D eigenvalue weighted by atomic mass is 10.0. The smallest absolute Gasteiger partial charge is 0.328 e. The number of benzene rings is 2. The fourth-order valence-corrected chi connectivity index (χ4v) is 4.70. The highest BCUT2D eigenvalue weighted by atomic mass is 32.2. The number of carbonyl (C=O) groups excluding carboxylic acids is 3. The highest BCUT2D eigenvalue weighted by molar-refractivity contribution is 7.99. The molecule has 0 spiro atoms. The maximum atomic E-state index is 14.2. The molecular formula is C22H18FN5O3S. The molecule has 10 heteroatoms. The normalized spacial score (nSPS) is 17.8. The Morgan fingerprint density at radius 2 is 1.94 bits per heavy atom. The van der Waals surface area contributed by atoms with Gasteiger partial charge in [0.1, 0.15) is 11.7 Å². The monoisotopic (exact) mass is 451 g/mol. The lowest BCUT2D eigenvalue weighted by Crippen LogP contribution is -2.58. The molecule has 0 bridgehead atoms. The predicted octanol–water partition coefficient (Wildman–Crippen LogP) is 3.11. The number of urea groups is 1. The minimum Gasteiger partial charge on any atom is -0.336 e. The molecule has 3 aromatic rings. The number of fused-ring (bicyclic) bond motifs is 1. The zero-order valence-electron chi connectivity index (χ0n) is 16.7. The average molecular weight is 451 g/mol. The summed E-state index contributed by atoms with van der Waals surface area (Å²) in [6, 6.07) is 11.8. The molecule has 1 aromatic heterocycles. The molecule has 8 nitrogen and oxygen atoms in total. The summed E-state index contributed by atoms with van der Waals surface area (Å²) in [7, 11) is 0. The molecule has 2 aliphatic rings. The number of hydrogen-bond donors (Lipinski definition) is 2. The summed E-state index contributed by atoms with van der Waals surface area (Å²) in [5.74, 6) is -2.33. The van der Waals surface area contributed by atoms with Crippen molar-refractivity contribution in [3.63, 3.8) is 0 Å². The van der Waals surface area contributed by atoms with Gasteiger partial charge < -0.3 is 15.2 Å². The number of nitrogens with one attached hydrogen (secondary N) is 2. The van der Waals surface area contributed by atoms with Crippen LogP contribution in [0.5, 0.6) is 0 Å². The molecule has 162 valence electrons. The van der Waals surface area contributed by atoms with E-state index in [-0.39, 0.29) is 12.2 Å². The second kappa shape index (κ2) is 8.12. The van der Waals surface area contributed by atoms with Crippen molar-refractivity contribution in [2.45, 2.75) is 11.7 Å². The van der Waals surface area contributed by atoms with E-state index in [9.17, 15) is 18.8 Å². The Hall–Kier alpha value is -3.66. The first-order valence-corrected chi connectivity index (χ1v) is 11.0. The first-order chi connectivity index (χ1) is 15.5. The molecule has 0 saturated carbocycles. The van der Waals surface area contributed by atoms with Crippen molar-refractivity contribution in [1.82, 2.24) is 14.9 Å². The molecule has 2 N–H and O–H groups in total. The minimum absolute atomic E-state index is 0.175. The van der Waals surface area contributed by atoms with Crippen LogP contribution in [0.2, 0.25) is 0 Å². The van der Waals surface area contributed by atoms with E-state index in [4.69, 9.17) is 0 Å². The van der Waals surface area contributed by atoms with Crippen LogP contribution >= 0.6 is 11.8 Å². The molecule has 2 aromatic carbocycles. The number of aromatic nitrogens is 2. The van der Waals surface area contributed by atoms with E-state index in [2.05, 4.69) is 20.2 Å². The number of aryl methyl sites for hydroxylation is 1. The van der Waals surface area contributed by atoms with Crippen molar-refractivity contribution in [2.24, 2.45) is 5.92 Å². The van der Waals surface area contributed by atoms with Crippen molar-refractivity contribution in [3.05, 3.63) is 60.5 Å². The van der Waals surface area contributed by atoms with Crippen LogP contribution < -0.4 is 15.5 Å². The van der Waals surface area contributed by atoms with Crippen LogP contribution in [0.15, 0.2) is 59.9 Å². The quantitative estimate of drug-likeness (QED) is 0.595. The van der Waals surface area contributed by atoms with Crippen LogP contribution in [0, 0.1) is 11.7 Å². The lowest BCUT2D eigenvalue weighted by Gasteiger charge is -2.30. The van der Waals surface area contributed by atoms with Crippen molar-refractivity contribution in [2.75, 3.05) is 22.5 Å². The highest BCUT2D eigenvalue weighted by Gasteiger charge is 2.40. The van der Waals surface area contributed by atoms with Crippen molar-refractivity contribution < 1.29 is 18.8 Å². The Bertz CT molecular complexity index is 1220. The zero-order valence-corrected chi connectivity index (χ0v) is 17.6. The van der Waals surface area contributed by atoms with Crippen molar-refractivity contribution >= 4 is 41.0 Å². The van der Waals surface area contributed by atoms with E-state index in [0.717, 1.165) is 34.8 Å². The van der Waals surface area contributed by atoms with Gasteiger partial charge in [0.25, 0.3) is 0 Å². The molecule has 1 fully saturated rings. The molecule has 1 saturated heterocycles. The Balaban J connectivity index is 1.40. The maximum absolute atomic E-state index is 14.2. The molecule has 3 heterocycles. The van der Waals surface area contributed by atoms with Crippen LogP contribution in [0.1, 0.15) is 0 Å². The fourth-order valence-electron chi connectivity index (χ4n) is 3.75. The van der Waals surface area contributed by atoms with Gasteiger partial charge in [-0.15, -0.1) is 0 Å². The largest absolute Gasteiger partial charge is 0.336 e. The second-order valence-electron chi connectivity index (χ2n) is 7.35. The predicted molar refractivity (Wildman–Crippen MR) is 118 cm³/mol. The number of imide groups is 1. The lowest BCUT2D eigenvalue weighted by molar-refractivity contribution is -0.130. The Morgan fingerprint density at radius 1 is 1.16 bits per heavy atom. The van der Waals surface area contributed by atoms with Gasteiger partial charge in [-0.3, -0.25) is 9.59 Å². The number of thioether (sulfide) groups is 1. The number of para-hydroxylation sites is 2. The number of carbonyl (C=O) groups is 3. The van der Waals surface area contributed by atoms with Crippen LogP contribution in [-0.4, -0.2) is 39.7 Å². The van der Waals surface area contributed by atoms with Gasteiger partial charge >= 0.3 is 6.03 Å². The summed E-state index contributed by atoms with van der Waals surface area (Å²) >= 11 is 1.67. The topological polar surface area (TPSA) is 96.3 Å². The molecule has 1 atom stereocenters. The van der Waals surface area contributed by atoms with E-state index >= 15 is 0 Å². The third kappa shape index (κ3) is 3.52. The number of imidazole rings is 1. The SMILES string of the molecule is O=C(Nc1ccccc1-c1cn2c(n1)SCC2)C1CNC(=O)N(c2ccccc2F)C1=O. The third-order valence-electron chi connectivity index (χ3n) is 5.35. The number of amides is 4. The van der Waals surface area contributed by atoms with Gasteiger partial charge in [0.2, 0.25) is 11.8 Å². The van der Waals surface area contributed by atoms with Crippen molar-refractivity contribution in [1.29, 1.82) is 0 Å². The second-order valence-corrected chi connectivity index (χ2v) is 8.41. The number of halogens is 1. The van der Waals surface area contributed by atoms with Crippen LogP contribution in [0.4, 0.5) is 20.6 Å². The molecule has 0 radical (unpaired) electrons. The van der Waals surface area contributed by atoms with E-state index in [0.29, 0.717) is 10.6 Å². The van der Waals surface area contributed by atoms with E-state index in [1.165, 1.54) is 18.2 Å². The Morgan fingerprint density at radius 3 is 2.75 bits per heavy atom. The van der Waals surface area contributed by atoms with Crippen LogP contribution in [-0.2, 0) is 16.1 Å². The number of nitrogens with zero attached hydrogens (tertiary/aromatic N) is 3. The maximum Gasteiger partial charge on any atom is 0.328 e. The van der Waals surface area contributed by atoms with Gasteiger partial charge in [-0.2, -0.15) is 0 Å². The van der Waals surface area contributed by atoms with E-state index in [1.807, 2.05) is 18.3 Å². The molecule has 5 rings (SSSR count). The molecule has 0 aliphatic carbocycles. The first kappa shape index (κ1) is 20.3. The summed E-state index contributed by atoms with van der Waals surface area (Å²) in [6.07, 6.45) is 1.94. The number of rotatable bonds is 4. The summed E-state index contributed by atoms with van der Waals surface area (Å²) in [5.41, 5.74) is 1.75. The van der Waals surface area contributed by atoms with E-state index < -0.39 is 29.6 Å². The molecule has 1 unspecified atom stereocenters. The fraction of sp³-hybridized carbons (Fsp3) is 0.182. The Kier molecular flexibility index (Phi) is 5.14. The van der Waals surface area contributed by atoms with Gasteiger partial charge in [-0.05, 0) is 18.2 Å². The summed E-state index contributed by atoms with van der Waals surface area (Å²) < 4.78 is 16.3. The first-order valence-electron chi connectivity index (χ1n) is 9.99. The third-order valence-corrected chi connectivity index (χ3v) is 6.32. The number of anilines is 2. The summed E-state index contributed by atoms with van der Waals surface area (Å²) in [4.78, 5) is 43.6. The van der Waals surface area contributed by atoms with Gasteiger partial charge in [-0.1, -0.05) is 42.1 Å². The molecule has 4 amide bonds. The summed E-state index contributed by atoms with van der Waals surface area (Å²) in [5, 5.41) is 6.21. The minimum atomic E-state index is -1.21. The van der Waals surface area contributed by atoms with Gasteiger partial charge in [0.05, 0.1) is 17.1 Å². The zero-order chi connectivity index (χ0) is 22.2.